The Kier molecular flexibility index (Phi) is 1.84. The van der Waals surface area contributed by atoms with Crippen LogP contribution in [0.3, 0.4) is 0 Å². The van der Waals surface area contributed by atoms with Gasteiger partial charge in [-0.3, -0.25) is 0 Å². The van der Waals surface area contributed by atoms with Gasteiger partial charge in [0.1, 0.15) is 0 Å². The maximum absolute atomic E-state index is 3.77. The molecule has 0 aromatic carbocycles. The number of nitrogens with zero attached hydrogens (tertiary/aromatic N) is 1. The molecule has 0 fully saturated rings. The maximum atomic E-state index is 3.77. The van der Waals surface area contributed by atoms with Crippen LogP contribution in [0.5, 0.6) is 0 Å². The summed E-state index contributed by atoms with van der Waals surface area (Å²) < 4.78 is 0. The maximum Gasteiger partial charge on any atom is 0.0552 e. The molecule has 1 nitrogen and oxygen atoms in total. The van der Waals surface area contributed by atoms with Gasteiger partial charge in [0.25, 0.3) is 0 Å². The summed E-state index contributed by atoms with van der Waals surface area (Å²) in [6.45, 7) is 9.23. The quantitative estimate of drug-likeness (QED) is 0.527. The molecular weight excluding hydrogens is 122 g/mol. The molecule has 1 aliphatic heterocycles. The Bertz CT molecular complexity index is 160. The van der Waals surface area contributed by atoms with Crippen molar-refractivity contribution in [3.05, 3.63) is 24.9 Å². The molecule has 0 radical (unpaired) electrons. The van der Waals surface area contributed by atoms with E-state index < -0.39 is 0 Å². The molecule has 1 rings (SSSR count). The molecule has 0 bridgehead atoms. The zero-order valence-corrected chi connectivity index (χ0v) is 6.80. The van der Waals surface area contributed by atoms with Gasteiger partial charge in [-0.05, 0) is 19.5 Å². The average molecular weight is 137 g/mol. The smallest absolute Gasteiger partial charge is 0.0552 e. The van der Waals surface area contributed by atoms with Crippen molar-refractivity contribution in [3.63, 3.8) is 0 Å². The second-order valence-electron chi connectivity index (χ2n) is 2.95. The van der Waals surface area contributed by atoms with Crippen molar-refractivity contribution in [2.24, 2.45) is 0 Å². The van der Waals surface area contributed by atoms with Gasteiger partial charge < -0.3 is 4.90 Å². The molecule has 0 saturated heterocycles. The van der Waals surface area contributed by atoms with Crippen LogP contribution in [0, 0.1) is 0 Å². The molecule has 1 atom stereocenters. The zero-order chi connectivity index (χ0) is 7.61. The lowest BCUT2D eigenvalue weighted by molar-refractivity contribution is 0.252. The molecule has 56 valence electrons. The van der Waals surface area contributed by atoms with Gasteiger partial charge in [0.15, 0.2) is 0 Å². The van der Waals surface area contributed by atoms with Crippen molar-refractivity contribution in [2.75, 3.05) is 6.54 Å². The molecular formula is C9H15N. The van der Waals surface area contributed by atoms with Crippen LogP contribution >= 0.6 is 0 Å². The second-order valence-corrected chi connectivity index (χ2v) is 2.95. The minimum atomic E-state index is 0.238. The monoisotopic (exact) mass is 137 g/mol. The van der Waals surface area contributed by atoms with Crippen molar-refractivity contribution in [1.29, 1.82) is 0 Å². The van der Waals surface area contributed by atoms with Crippen LogP contribution in [0.4, 0.5) is 0 Å². The van der Waals surface area contributed by atoms with Gasteiger partial charge in [0.2, 0.25) is 0 Å². The summed E-state index contributed by atoms with van der Waals surface area (Å²) >= 11 is 0. The average Bonchev–Trinajstić information content (AvgIpc) is 2.32. The summed E-state index contributed by atoms with van der Waals surface area (Å²) in [5.74, 6) is 0. The zero-order valence-electron chi connectivity index (χ0n) is 6.80. The first-order valence-electron chi connectivity index (χ1n) is 3.80. The fraction of sp³-hybridized carbons (Fsp3) is 0.556. The van der Waals surface area contributed by atoms with Crippen LogP contribution in [-0.2, 0) is 0 Å². The SMILES string of the molecule is C=CN1CC=CC1(C)CC. The molecule has 1 heteroatoms. The Morgan fingerprint density at radius 1 is 1.80 bits per heavy atom. The first kappa shape index (κ1) is 7.39. The molecule has 0 aliphatic carbocycles. The van der Waals surface area contributed by atoms with E-state index in [4.69, 9.17) is 0 Å². The fourth-order valence-electron chi connectivity index (χ4n) is 1.33. The third-order valence-electron chi connectivity index (χ3n) is 2.37. The fourth-order valence-corrected chi connectivity index (χ4v) is 1.33. The standard InChI is InChI=1S/C9H15N/c1-4-9(3)7-6-8-10(9)5-2/h5-7H,2,4,8H2,1,3H3. The molecule has 0 aromatic heterocycles. The normalized spacial score (nSPS) is 31.2. The van der Waals surface area contributed by atoms with Crippen LogP contribution < -0.4 is 0 Å². The third kappa shape index (κ3) is 0.962. The Morgan fingerprint density at radius 2 is 2.50 bits per heavy atom. The second kappa shape index (κ2) is 2.49. The van der Waals surface area contributed by atoms with Crippen molar-refractivity contribution >= 4 is 0 Å². The molecule has 1 aliphatic rings. The van der Waals surface area contributed by atoms with Crippen LogP contribution in [0.15, 0.2) is 24.9 Å². The Hall–Kier alpha value is -0.720. The van der Waals surface area contributed by atoms with Crippen molar-refractivity contribution in [2.45, 2.75) is 25.8 Å². The van der Waals surface area contributed by atoms with Gasteiger partial charge in [-0.1, -0.05) is 25.7 Å². The van der Waals surface area contributed by atoms with Crippen molar-refractivity contribution in [1.82, 2.24) is 4.90 Å². The molecule has 10 heavy (non-hydrogen) atoms. The Morgan fingerprint density at radius 3 is 2.90 bits per heavy atom. The van der Waals surface area contributed by atoms with Gasteiger partial charge in [0, 0.05) is 6.54 Å². The van der Waals surface area contributed by atoms with E-state index >= 15 is 0 Å². The Labute approximate surface area is 63.0 Å². The van der Waals surface area contributed by atoms with Gasteiger partial charge in [-0.15, -0.1) is 0 Å². The molecule has 0 aromatic rings. The van der Waals surface area contributed by atoms with E-state index in [9.17, 15) is 0 Å². The number of hydrogen-bond acceptors (Lipinski definition) is 1. The molecule has 0 N–H and O–H groups in total. The van der Waals surface area contributed by atoms with E-state index in [0.29, 0.717) is 0 Å². The van der Waals surface area contributed by atoms with Crippen LogP contribution in [-0.4, -0.2) is 17.0 Å². The van der Waals surface area contributed by atoms with Gasteiger partial charge in [-0.2, -0.15) is 0 Å². The lowest BCUT2D eigenvalue weighted by Gasteiger charge is -2.32. The molecule has 0 amide bonds. The van der Waals surface area contributed by atoms with Gasteiger partial charge >= 0.3 is 0 Å². The van der Waals surface area contributed by atoms with E-state index in [-0.39, 0.29) is 5.54 Å². The minimum absolute atomic E-state index is 0.238. The lowest BCUT2D eigenvalue weighted by atomic mass is 10.00. The number of rotatable bonds is 2. The van der Waals surface area contributed by atoms with Crippen LogP contribution in [0.1, 0.15) is 20.3 Å². The summed E-state index contributed by atoms with van der Waals surface area (Å²) in [5, 5.41) is 0. The lowest BCUT2D eigenvalue weighted by Crippen LogP contribution is -2.36. The van der Waals surface area contributed by atoms with Crippen LogP contribution in [0.2, 0.25) is 0 Å². The molecule has 1 unspecified atom stereocenters. The summed E-state index contributed by atoms with van der Waals surface area (Å²) in [5.41, 5.74) is 0.238. The first-order valence-corrected chi connectivity index (χ1v) is 3.80. The number of hydrogen-bond donors (Lipinski definition) is 0. The van der Waals surface area contributed by atoms with Crippen LogP contribution in [0.25, 0.3) is 0 Å². The Balaban J connectivity index is 2.73. The third-order valence-corrected chi connectivity index (χ3v) is 2.37. The van der Waals surface area contributed by atoms with E-state index in [1.165, 1.54) is 0 Å². The summed E-state index contributed by atoms with van der Waals surface area (Å²) in [6.07, 6.45) is 7.53. The predicted molar refractivity (Wildman–Crippen MR) is 44.7 cm³/mol. The van der Waals surface area contributed by atoms with E-state index in [1.807, 2.05) is 6.20 Å². The highest BCUT2D eigenvalue weighted by atomic mass is 15.2. The van der Waals surface area contributed by atoms with E-state index in [0.717, 1.165) is 13.0 Å². The topological polar surface area (TPSA) is 3.24 Å². The van der Waals surface area contributed by atoms with E-state index in [2.05, 4.69) is 37.5 Å². The molecule has 1 heterocycles. The van der Waals surface area contributed by atoms with Gasteiger partial charge in [-0.25, -0.2) is 0 Å². The highest BCUT2D eigenvalue weighted by Crippen LogP contribution is 2.25. The largest absolute Gasteiger partial charge is 0.366 e. The van der Waals surface area contributed by atoms with Crippen molar-refractivity contribution < 1.29 is 0 Å². The first-order chi connectivity index (χ1) is 4.73. The summed E-state index contributed by atoms with van der Waals surface area (Å²) in [6, 6.07) is 0. The summed E-state index contributed by atoms with van der Waals surface area (Å²) in [4.78, 5) is 2.26. The minimum Gasteiger partial charge on any atom is -0.366 e. The van der Waals surface area contributed by atoms with Gasteiger partial charge in [0.05, 0.1) is 5.54 Å². The van der Waals surface area contributed by atoms with Crippen molar-refractivity contribution in [3.8, 4) is 0 Å². The predicted octanol–water partition coefficient (Wildman–Crippen LogP) is 2.17. The summed E-state index contributed by atoms with van der Waals surface area (Å²) in [7, 11) is 0. The molecule has 0 saturated carbocycles. The highest BCUT2D eigenvalue weighted by molar-refractivity contribution is 5.14. The molecule has 0 spiro atoms. The van der Waals surface area contributed by atoms with E-state index in [1.54, 1.807) is 0 Å². The highest BCUT2D eigenvalue weighted by Gasteiger charge is 2.27.